The fourth-order valence-electron chi connectivity index (χ4n) is 0.906. The number of hydrogen-bond acceptors (Lipinski definition) is 2. The van der Waals surface area contributed by atoms with Gasteiger partial charge in [0.05, 0.1) is 19.6 Å². The lowest BCUT2D eigenvalue weighted by Gasteiger charge is -1.81. The van der Waals surface area contributed by atoms with Gasteiger partial charge < -0.3 is 9.15 Å². The molecule has 0 unspecified atom stereocenters. The molecule has 2 nitrogen and oxygen atoms in total. The molecule has 1 heterocycles. The lowest BCUT2D eigenvalue weighted by molar-refractivity contribution is 0.339. The van der Waals surface area contributed by atoms with Crippen molar-refractivity contribution in [3.63, 3.8) is 0 Å². The molecule has 0 atom stereocenters. The molecule has 0 radical (unpaired) electrons. The van der Waals surface area contributed by atoms with Gasteiger partial charge in [-0.2, -0.15) is 0 Å². The Hall–Kier alpha value is -1.70. The van der Waals surface area contributed by atoms with Crippen LogP contribution in [0.5, 0.6) is 0 Å². The minimum absolute atomic E-state index is 0.956. The van der Waals surface area contributed by atoms with Gasteiger partial charge in [-0.3, -0.25) is 0 Å². The van der Waals surface area contributed by atoms with Gasteiger partial charge in [-0.05, 0) is 12.1 Å². The molecule has 0 spiro atoms. The van der Waals surface area contributed by atoms with Gasteiger partial charge in [0.25, 0.3) is 0 Å². The van der Waals surface area contributed by atoms with Crippen molar-refractivity contribution in [1.82, 2.24) is 0 Å². The second-order valence-corrected chi connectivity index (χ2v) is 2.36. The predicted octanol–water partition coefficient (Wildman–Crippen LogP) is 3.21. The highest BCUT2D eigenvalue weighted by Crippen LogP contribution is 2.12. The van der Waals surface area contributed by atoms with Crippen molar-refractivity contribution in [2.24, 2.45) is 0 Å². The van der Waals surface area contributed by atoms with Crippen molar-refractivity contribution in [2.45, 2.75) is 0 Å². The summed E-state index contributed by atoms with van der Waals surface area (Å²) in [4.78, 5) is 0. The van der Waals surface area contributed by atoms with E-state index in [1.165, 1.54) is 6.26 Å². The summed E-state index contributed by atoms with van der Waals surface area (Å²) in [6.07, 6.45) is 3.07. The third-order valence-electron chi connectivity index (χ3n) is 1.53. The fraction of sp³-hybridized carbons (Fsp3) is 0.0909. The van der Waals surface area contributed by atoms with Crippen LogP contribution in [0, 0.1) is 0 Å². The molecule has 0 aliphatic rings. The summed E-state index contributed by atoms with van der Waals surface area (Å²) in [5, 5.41) is 1.16. The van der Waals surface area contributed by atoms with Gasteiger partial charge in [-0.1, -0.05) is 24.8 Å². The number of hydrogen-bond donors (Lipinski definition) is 0. The van der Waals surface area contributed by atoms with Crippen molar-refractivity contribution in [3.8, 4) is 0 Å². The molecule has 13 heavy (non-hydrogen) atoms. The van der Waals surface area contributed by atoms with Gasteiger partial charge in [0.1, 0.15) is 5.58 Å². The highest BCUT2D eigenvalue weighted by molar-refractivity contribution is 5.76. The molecule has 2 heteroatoms. The van der Waals surface area contributed by atoms with E-state index in [1.54, 1.807) is 13.4 Å². The van der Waals surface area contributed by atoms with Crippen LogP contribution in [0.4, 0.5) is 0 Å². The predicted molar refractivity (Wildman–Crippen MR) is 53.4 cm³/mol. The minimum atomic E-state index is 0.956. The molecule has 68 valence electrons. The maximum Gasteiger partial charge on any atom is 0.133 e. The van der Waals surface area contributed by atoms with Crippen LogP contribution in [0.25, 0.3) is 11.0 Å². The zero-order valence-corrected chi connectivity index (χ0v) is 7.57. The van der Waals surface area contributed by atoms with Gasteiger partial charge >= 0.3 is 0 Å². The summed E-state index contributed by atoms with van der Waals surface area (Å²) in [6.45, 7) is 3.26. The molecule has 0 amide bonds. The summed E-state index contributed by atoms with van der Waals surface area (Å²) >= 11 is 0. The molecule has 0 bridgehead atoms. The van der Waals surface area contributed by atoms with E-state index in [1.807, 2.05) is 30.3 Å². The van der Waals surface area contributed by atoms with Crippen LogP contribution >= 0.6 is 0 Å². The highest BCUT2D eigenvalue weighted by atomic mass is 16.5. The lowest BCUT2D eigenvalue weighted by atomic mass is 10.3. The van der Waals surface area contributed by atoms with E-state index in [9.17, 15) is 0 Å². The van der Waals surface area contributed by atoms with E-state index in [0.717, 1.165) is 11.0 Å². The van der Waals surface area contributed by atoms with E-state index in [2.05, 4.69) is 11.3 Å². The molecule has 2 aromatic rings. The second kappa shape index (κ2) is 5.04. The Bertz CT molecular complexity index is 333. The number of rotatable bonds is 1. The first-order chi connectivity index (χ1) is 6.38. The van der Waals surface area contributed by atoms with Crippen molar-refractivity contribution < 1.29 is 9.15 Å². The summed E-state index contributed by atoms with van der Waals surface area (Å²) < 4.78 is 9.42. The number of benzene rings is 1. The van der Waals surface area contributed by atoms with Crippen molar-refractivity contribution >= 4 is 11.0 Å². The Morgan fingerprint density at radius 3 is 2.62 bits per heavy atom. The van der Waals surface area contributed by atoms with Gasteiger partial charge in [0.15, 0.2) is 0 Å². The molecule has 2 rings (SSSR count). The van der Waals surface area contributed by atoms with Crippen LogP contribution in [0.1, 0.15) is 0 Å². The molecule has 0 saturated carbocycles. The highest BCUT2D eigenvalue weighted by Gasteiger charge is 1.89. The quantitative estimate of drug-likeness (QED) is 0.622. The Labute approximate surface area is 77.4 Å². The molecule has 0 N–H and O–H groups in total. The topological polar surface area (TPSA) is 22.4 Å². The van der Waals surface area contributed by atoms with E-state index in [-0.39, 0.29) is 0 Å². The monoisotopic (exact) mass is 176 g/mol. The molecule has 0 saturated heterocycles. The minimum Gasteiger partial charge on any atom is -0.505 e. The van der Waals surface area contributed by atoms with Crippen LogP contribution in [0.15, 0.2) is 53.9 Å². The van der Waals surface area contributed by atoms with E-state index in [0.29, 0.717) is 0 Å². The lowest BCUT2D eigenvalue weighted by Crippen LogP contribution is -1.57. The van der Waals surface area contributed by atoms with Crippen LogP contribution in [-0.2, 0) is 4.74 Å². The second-order valence-electron chi connectivity index (χ2n) is 2.36. The van der Waals surface area contributed by atoms with Gasteiger partial charge in [0.2, 0.25) is 0 Å². The third-order valence-corrected chi connectivity index (χ3v) is 1.53. The summed E-state index contributed by atoms with van der Waals surface area (Å²) in [5.74, 6) is 0. The maximum atomic E-state index is 5.12. The number of fused-ring (bicyclic) bond motifs is 1. The number of ether oxygens (including phenoxy) is 1. The number of methoxy groups -OCH3 is 1. The Balaban J connectivity index is 0.000000184. The smallest absolute Gasteiger partial charge is 0.133 e. The van der Waals surface area contributed by atoms with Crippen LogP contribution in [0.3, 0.4) is 0 Å². The Kier molecular flexibility index (Phi) is 3.64. The van der Waals surface area contributed by atoms with Crippen molar-refractivity contribution in [3.05, 3.63) is 49.4 Å². The Morgan fingerprint density at radius 2 is 2.00 bits per heavy atom. The van der Waals surface area contributed by atoms with E-state index >= 15 is 0 Å². The zero-order chi connectivity index (χ0) is 9.52. The Morgan fingerprint density at radius 1 is 1.31 bits per heavy atom. The third kappa shape index (κ3) is 2.67. The van der Waals surface area contributed by atoms with E-state index < -0.39 is 0 Å². The van der Waals surface area contributed by atoms with Crippen LogP contribution in [0.2, 0.25) is 0 Å². The summed E-state index contributed by atoms with van der Waals surface area (Å²) in [7, 11) is 1.56. The molecular weight excluding hydrogens is 164 g/mol. The standard InChI is InChI=1S/C8H6O.C3H6O/c1-2-4-8-7(3-1)5-6-9-8;1-3-4-2/h1-6H;3H,1H2,2H3. The molecule has 0 fully saturated rings. The first-order valence-electron chi connectivity index (χ1n) is 3.94. The fourth-order valence-corrected chi connectivity index (χ4v) is 0.906. The largest absolute Gasteiger partial charge is 0.505 e. The molecule has 0 aliphatic carbocycles. The molecular formula is C11H12O2. The van der Waals surface area contributed by atoms with Crippen molar-refractivity contribution in [1.29, 1.82) is 0 Å². The first-order valence-corrected chi connectivity index (χ1v) is 3.94. The summed E-state index contributed by atoms with van der Waals surface area (Å²) in [6, 6.07) is 9.90. The normalized spacial score (nSPS) is 8.69. The number of furan rings is 1. The molecule has 1 aromatic heterocycles. The van der Waals surface area contributed by atoms with Crippen LogP contribution in [-0.4, -0.2) is 7.11 Å². The van der Waals surface area contributed by atoms with Gasteiger partial charge in [-0.25, -0.2) is 0 Å². The van der Waals surface area contributed by atoms with E-state index in [4.69, 9.17) is 4.42 Å². The average molecular weight is 176 g/mol. The number of para-hydroxylation sites is 1. The molecule has 1 aromatic carbocycles. The van der Waals surface area contributed by atoms with Crippen LogP contribution < -0.4 is 0 Å². The van der Waals surface area contributed by atoms with Gasteiger partial charge in [-0.15, -0.1) is 0 Å². The average Bonchev–Trinajstić information content (AvgIpc) is 2.66. The SMILES string of the molecule is C=COC.c1ccc2occc2c1. The zero-order valence-electron chi connectivity index (χ0n) is 7.57. The first kappa shape index (κ1) is 9.39. The van der Waals surface area contributed by atoms with Crippen molar-refractivity contribution in [2.75, 3.05) is 7.11 Å². The summed E-state index contributed by atoms with van der Waals surface area (Å²) in [5.41, 5.74) is 0.956. The molecule has 0 aliphatic heterocycles. The maximum absolute atomic E-state index is 5.12. The van der Waals surface area contributed by atoms with Gasteiger partial charge in [0, 0.05) is 5.39 Å².